The first-order valence-corrected chi connectivity index (χ1v) is 11.0. The number of nitrogens with one attached hydrogen (secondary N) is 2. The topological polar surface area (TPSA) is 109 Å². The van der Waals surface area contributed by atoms with Crippen molar-refractivity contribution in [2.75, 3.05) is 18.4 Å². The molecule has 2 N–H and O–H groups in total. The number of carbonyl (C=O) groups is 1. The average molecular weight is 452 g/mol. The molecule has 8 heteroatoms. The maximum absolute atomic E-state index is 13.2. The zero-order valence-electron chi connectivity index (χ0n) is 18.8. The van der Waals surface area contributed by atoms with Gasteiger partial charge in [-0.2, -0.15) is 5.26 Å². The summed E-state index contributed by atoms with van der Waals surface area (Å²) in [4.78, 5) is 17.5. The van der Waals surface area contributed by atoms with Crippen LogP contribution in [0.3, 0.4) is 0 Å². The molecule has 1 unspecified atom stereocenters. The number of nitrogens with zero attached hydrogens (tertiary/aromatic N) is 5. The summed E-state index contributed by atoms with van der Waals surface area (Å²) in [5, 5.41) is 23.3. The number of aromatic nitrogens is 4. The number of hydrogen-bond acceptors (Lipinski definition) is 6. The van der Waals surface area contributed by atoms with E-state index in [-0.39, 0.29) is 11.8 Å². The third kappa shape index (κ3) is 5.91. The van der Waals surface area contributed by atoms with Crippen LogP contribution in [-0.4, -0.2) is 39.0 Å². The van der Waals surface area contributed by atoms with Gasteiger partial charge in [0.05, 0.1) is 41.3 Å². The fourth-order valence-corrected chi connectivity index (χ4v) is 3.55. The molecule has 0 aliphatic rings. The van der Waals surface area contributed by atoms with E-state index in [2.05, 4.69) is 32.0 Å². The molecule has 0 saturated heterocycles. The Bertz CT molecular complexity index is 1260. The van der Waals surface area contributed by atoms with Crippen LogP contribution in [0.4, 0.5) is 5.82 Å². The summed E-state index contributed by atoms with van der Waals surface area (Å²) in [6.45, 7) is 3.07. The summed E-state index contributed by atoms with van der Waals surface area (Å²) < 4.78 is 1.64. The lowest BCUT2D eigenvalue weighted by molar-refractivity contribution is -0.117. The second kappa shape index (κ2) is 11.0. The van der Waals surface area contributed by atoms with E-state index in [1.165, 1.54) is 0 Å². The summed E-state index contributed by atoms with van der Waals surface area (Å²) in [6.07, 6.45) is 4.26. The van der Waals surface area contributed by atoms with Crippen molar-refractivity contribution in [2.24, 2.45) is 0 Å². The maximum Gasteiger partial charge on any atom is 0.234 e. The Morgan fingerprint density at radius 2 is 1.88 bits per heavy atom. The predicted octanol–water partition coefficient (Wildman–Crippen LogP) is 3.40. The first-order chi connectivity index (χ1) is 16.6. The van der Waals surface area contributed by atoms with Gasteiger partial charge in [-0.05, 0) is 55.3 Å². The van der Waals surface area contributed by atoms with Crippen LogP contribution < -0.4 is 10.6 Å². The zero-order chi connectivity index (χ0) is 23.8. The highest BCUT2D eigenvalue weighted by molar-refractivity contribution is 5.95. The van der Waals surface area contributed by atoms with Gasteiger partial charge in [-0.1, -0.05) is 47.7 Å². The first-order valence-electron chi connectivity index (χ1n) is 11.0. The van der Waals surface area contributed by atoms with Crippen LogP contribution in [0, 0.1) is 18.3 Å². The van der Waals surface area contributed by atoms with Crippen molar-refractivity contribution in [3.63, 3.8) is 0 Å². The molecule has 0 bridgehead atoms. The molecule has 0 spiro atoms. The van der Waals surface area contributed by atoms with Crippen molar-refractivity contribution < 1.29 is 4.79 Å². The largest absolute Gasteiger partial charge is 0.315 e. The van der Waals surface area contributed by atoms with Gasteiger partial charge < -0.3 is 10.6 Å². The highest BCUT2D eigenvalue weighted by Crippen LogP contribution is 2.18. The van der Waals surface area contributed by atoms with Crippen molar-refractivity contribution in [2.45, 2.75) is 19.3 Å². The third-order valence-electron chi connectivity index (χ3n) is 5.41. The standard InChI is InChI=1S/C26H25N7O/c1-19-18-33(32-31-19)23-11-12-25(29-16-23)30-26(34)24(22-5-3-2-4-6-22)17-28-14-13-20-7-9-21(15-27)10-8-20/h2-12,16,18,24,28H,13-14,17H2,1H3,(H,29,30,34). The number of nitriles is 1. The van der Waals surface area contributed by atoms with Crippen molar-refractivity contribution in [1.82, 2.24) is 25.3 Å². The molecular formula is C26H25N7O. The molecule has 0 aliphatic carbocycles. The van der Waals surface area contributed by atoms with Crippen molar-refractivity contribution >= 4 is 11.7 Å². The van der Waals surface area contributed by atoms with Gasteiger partial charge in [0, 0.05) is 6.54 Å². The van der Waals surface area contributed by atoms with Gasteiger partial charge in [-0.15, -0.1) is 5.10 Å². The first kappa shape index (κ1) is 22.8. The molecule has 0 saturated carbocycles. The summed E-state index contributed by atoms with van der Waals surface area (Å²) in [5.74, 6) is -0.0281. The summed E-state index contributed by atoms with van der Waals surface area (Å²) in [6, 6.07) is 23.0. The number of rotatable bonds is 9. The number of pyridine rings is 1. The lowest BCUT2D eigenvalue weighted by Crippen LogP contribution is -2.32. The molecule has 0 aliphatic heterocycles. The number of hydrogen-bond donors (Lipinski definition) is 2. The monoisotopic (exact) mass is 451 g/mol. The van der Waals surface area contributed by atoms with Gasteiger partial charge in [0.2, 0.25) is 5.91 Å². The zero-order valence-corrected chi connectivity index (χ0v) is 18.8. The second-order valence-electron chi connectivity index (χ2n) is 7.92. The van der Waals surface area contributed by atoms with Crippen LogP contribution in [0.5, 0.6) is 0 Å². The number of amides is 1. The van der Waals surface area contributed by atoms with Crippen molar-refractivity contribution in [3.05, 3.63) is 102 Å². The van der Waals surface area contributed by atoms with Gasteiger partial charge >= 0.3 is 0 Å². The second-order valence-corrected chi connectivity index (χ2v) is 7.92. The van der Waals surface area contributed by atoms with Crippen LogP contribution in [0.1, 0.15) is 28.3 Å². The molecule has 1 atom stereocenters. The number of carbonyl (C=O) groups excluding carboxylic acids is 1. The van der Waals surface area contributed by atoms with Crippen LogP contribution in [0.25, 0.3) is 5.69 Å². The Balaban J connectivity index is 1.38. The van der Waals surface area contributed by atoms with Gasteiger partial charge in [-0.3, -0.25) is 4.79 Å². The summed E-state index contributed by atoms with van der Waals surface area (Å²) in [7, 11) is 0. The molecule has 4 aromatic rings. The lowest BCUT2D eigenvalue weighted by atomic mass is 9.98. The lowest BCUT2D eigenvalue weighted by Gasteiger charge is -2.18. The Labute approximate surface area is 198 Å². The minimum Gasteiger partial charge on any atom is -0.315 e. The van der Waals surface area contributed by atoms with Crippen LogP contribution >= 0.6 is 0 Å². The third-order valence-corrected chi connectivity index (χ3v) is 5.41. The quantitative estimate of drug-likeness (QED) is 0.378. The van der Waals surface area contributed by atoms with Gasteiger partial charge in [0.15, 0.2) is 0 Å². The molecule has 34 heavy (non-hydrogen) atoms. The highest BCUT2D eigenvalue weighted by atomic mass is 16.2. The molecule has 170 valence electrons. The molecule has 2 heterocycles. The van der Waals surface area contributed by atoms with E-state index in [0.29, 0.717) is 24.5 Å². The molecule has 2 aromatic carbocycles. The Hall–Kier alpha value is -4.35. The van der Waals surface area contributed by atoms with Crippen LogP contribution in [-0.2, 0) is 11.2 Å². The maximum atomic E-state index is 13.2. The summed E-state index contributed by atoms with van der Waals surface area (Å²) in [5.41, 5.74) is 4.30. The molecule has 1 amide bonds. The molecular weight excluding hydrogens is 426 g/mol. The smallest absolute Gasteiger partial charge is 0.234 e. The Kier molecular flexibility index (Phi) is 7.38. The molecule has 0 radical (unpaired) electrons. The summed E-state index contributed by atoms with van der Waals surface area (Å²) >= 11 is 0. The van der Waals surface area contributed by atoms with E-state index in [9.17, 15) is 4.79 Å². The van der Waals surface area contributed by atoms with Gasteiger partial charge in [0.25, 0.3) is 0 Å². The van der Waals surface area contributed by atoms with E-state index in [1.807, 2.05) is 73.8 Å². The van der Waals surface area contributed by atoms with E-state index in [1.54, 1.807) is 16.9 Å². The van der Waals surface area contributed by atoms with E-state index < -0.39 is 0 Å². The van der Waals surface area contributed by atoms with E-state index in [0.717, 1.165) is 28.9 Å². The van der Waals surface area contributed by atoms with Gasteiger partial charge in [0.1, 0.15) is 5.82 Å². The fourth-order valence-electron chi connectivity index (χ4n) is 3.55. The Morgan fingerprint density at radius 1 is 1.09 bits per heavy atom. The number of benzene rings is 2. The minimum absolute atomic E-state index is 0.131. The van der Waals surface area contributed by atoms with Crippen molar-refractivity contribution in [1.29, 1.82) is 5.26 Å². The predicted molar refractivity (Wildman–Crippen MR) is 129 cm³/mol. The molecule has 8 nitrogen and oxygen atoms in total. The average Bonchev–Trinajstić information content (AvgIpc) is 3.31. The number of anilines is 1. The van der Waals surface area contributed by atoms with E-state index in [4.69, 9.17) is 5.26 Å². The van der Waals surface area contributed by atoms with Crippen LogP contribution in [0.15, 0.2) is 79.1 Å². The SMILES string of the molecule is Cc1cn(-c2ccc(NC(=O)C(CNCCc3ccc(C#N)cc3)c3ccccc3)nc2)nn1. The highest BCUT2D eigenvalue weighted by Gasteiger charge is 2.20. The van der Waals surface area contributed by atoms with E-state index >= 15 is 0 Å². The van der Waals surface area contributed by atoms with Crippen LogP contribution in [0.2, 0.25) is 0 Å². The number of aryl methyl sites for hydroxylation is 1. The normalized spacial score (nSPS) is 11.5. The minimum atomic E-state index is -0.374. The molecule has 4 rings (SSSR count). The molecule has 0 fully saturated rings. The molecule has 2 aromatic heterocycles. The van der Waals surface area contributed by atoms with Gasteiger partial charge in [-0.25, -0.2) is 9.67 Å². The van der Waals surface area contributed by atoms with Crippen molar-refractivity contribution in [3.8, 4) is 11.8 Å². The Morgan fingerprint density at radius 3 is 2.53 bits per heavy atom. The fraction of sp³-hybridized carbons (Fsp3) is 0.192.